The summed E-state index contributed by atoms with van der Waals surface area (Å²) in [5.41, 5.74) is 1.61. The van der Waals surface area contributed by atoms with Crippen LogP contribution in [0.1, 0.15) is 48.8 Å². The number of likely N-dealkylation sites (tertiary alicyclic amines) is 1. The van der Waals surface area contributed by atoms with Gasteiger partial charge in [-0.2, -0.15) is 0 Å². The molecule has 7 heteroatoms. The average Bonchev–Trinajstić information content (AvgIpc) is 3.11. The highest BCUT2D eigenvalue weighted by Gasteiger charge is 2.23. The SMILES string of the molecule is CC(C)CNC(=O)c1cn([C@H]2CCCN(Cc3cccnc3)C2)nn1. The highest BCUT2D eigenvalue weighted by Crippen LogP contribution is 2.22. The van der Waals surface area contributed by atoms with Gasteiger partial charge in [0.05, 0.1) is 12.2 Å². The highest BCUT2D eigenvalue weighted by molar-refractivity contribution is 5.91. The second-order valence-corrected chi connectivity index (χ2v) is 7.08. The quantitative estimate of drug-likeness (QED) is 0.868. The molecule has 1 saturated heterocycles. The smallest absolute Gasteiger partial charge is 0.273 e. The van der Waals surface area contributed by atoms with Gasteiger partial charge in [-0.1, -0.05) is 25.1 Å². The first kappa shape index (κ1) is 17.5. The largest absolute Gasteiger partial charge is 0.350 e. The molecule has 1 N–H and O–H groups in total. The van der Waals surface area contributed by atoms with E-state index in [1.165, 1.54) is 5.56 Å². The Kier molecular flexibility index (Phi) is 5.75. The molecule has 1 aliphatic heterocycles. The number of rotatable bonds is 6. The maximum absolute atomic E-state index is 12.1. The zero-order chi connectivity index (χ0) is 17.6. The first-order valence-electron chi connectivity index (χ1n) is 8.93. The van der Waals surface area contributed by atoms with Crippen LogP contribution in [0.3, 0.4) is 0 Å². The Labute approximate surface area is 148 Å². The van der Waals surface area contributed by atoms with Crippen LogP contribution in [0.4, 0.5) is 0 Å². The number of amides is 1. The highest BCUT2D eigenvalue weighted by atomic mass is 16.2. The zero-order valence-electron chi connectivity index (χ0n) is 14.9. The molecule has 134 valence electrons. The van der Waals surface area contributed by atoms with Gasteiger partial charge < -0.3 is 5.32 Å². The lowest BCUT2D eigenvalue weighted by Crippen LogP contribution is -2.36. The topological polar surface area (TPSA) is 75.9 Å². The Balaban J connectivity index is 1.59. The number of pyridine rings is 1. The lowest BCUT2D eigenvalue weighted by molar-refractivity contribution is 0.0944. The van der Waals surface area contributed by atoms with E-state index in [1.807, 2.05) is 16.9 Å². The van der Waals surface area contributed by atoms with Crippen molar-refractivity contribution in [1.82, 2.24) is 30.2 Å². The summed E-state index contributed by atoms with van der Waals surface area (Å²) in [5.74, 6) is 0.265. The molecule has 1 fully saturated rings. The fourth-order valence-corrected chi connectivity index (χ4v) is 3.09. The molecule has 0 bridgehead atoms. The van der Waals surface area contributed by atoms with Gasteiger partial charge in [0.2, 0.25) is 0 Å². The molecule has 1 amide bonds. The second-order valence-electron chi connectivity index (χ2n) is 7.08. The summed E-state index contributed by atoms with van der Waals surface area (Å²) in [5, 5.41) is 11.1. The maximum atomic E-state index is 12.1. The van der Waals surface area contributed by atoms with E-state index in [2.05, 4.69) is 45.4 Å². The predicted molar refractivity (Wildman–Crippen MR) is 95.0 cm³/mol. The van der Waals surface area contributed by atoms with E-state index in [1.54, 1.807) is 12.4 Å². The van der Waals surface area contributed by atoms with Crippen LogP contribution in [0, 0.1) is 5.92 Å². The van der Waals surface area contributed by atoms with Gasteiger partial charge in [0.25, 0.3) is 5.91 Å². The van der Waals surface area contributed by atoms with Crippen LogP contribution in [0.15, 0.2) is 30.7 Å². The lowest BCUT2D eigenvalue weighted by Gasteiger charge is -2.32. The van der Waals surface area contributed by atoms with Crippen molar-refractivity contribution >= 4 is 5.91 Å². The number of carbonyl (C=O) groups is 1. The molecule has 0 aliphatic carbocycles. The van der Waals surface area contributed by atoms with E-state index >= 15 is 0 Å². The minimum Gasteiger partial charge on any atom is -0.350 e. The standard InChI is InChI=1S/C18H26N6O/c1-14(2)9-20-18(25)17-13-24(22-21-17)16-6-4-8-23(12-16)11-15-5-3-7-19-10-15/h3,5,7,10,13-14,16H,4,6,8-9,11-12H2,1-2H3,(H,20,25)/t16-/m0/s1. The van der Waals surface area contributed by atoms with Crippen molar-refractivity contribution in [1.29, 1.82) is 0 Å². The van der Waals surface area contributed by atoms with Crippen molar-refractivity contribution in [3.8, 4) is 0 Å². The van der Waals surface area contributed by atoms with Crippen LogP contribution in [0.5, 0.6) is 0 Å². The fraction of sp³-hybridized carbons (Fsp3) is 0.556. The average molecular weight is 342 g/mol. The van der Waals surface area contributed by atoms with Gasteiger partial charge in [-0.05, 0) is 36.9 Å². The molecule has 0 saturated carbocycles. The molecule has 2 aromatic heterocycles. The van der Waals surface area contributed by atoms with Crippen molar-refractivity contribution in [3.05, 3.63) is 42.0 Å². The monoisotopic (exact) mass is 342 g/mol. The summed E-state index contributed by atoms with van der Waals surface area (Å²) < 4.78 is 1.85. The molecular weight excluding hydrogens is 316 g/mol. The second kappa shape index (κ2) is 8.20. The van der Waals surface area contributed by atoms with E-state index in [-0.39, 0.29) is 11.9 Å². The Morgan fingerprint density at radius 2 is 2.32 bits per heavy atom. The van der Waals surface area contributed by atoms with Gasteiger partial charge >= 0.3 is 0 Å². The fourth-order valence-electron chi connectivity index (χ4n) is 3.09. The molecule has 0 aromatic carbocycles. The number of nitrogens with one attached hydrogen (secondary N) is 1. The normalized spacial score (nSPS) is 18.4. The van der Waals surface area contributed by atoms with E-state index in [9.17, 15) is 4.79 Å². The molecule has 2 aromatic rings. The summed E-state index contributed by atoms with van der Waals surface area (Å²) >= 11 is 0. The minimum absolute atomic E-state index is 0.150. The van der Waals surface area contributed by atoms with Crippen molar-refractivity contribution in [2.24, 2.45) is 5.92 Å². The van der Waals surface area contributed by atoms with Gasteiger partial charge in [0, 0.05) is 32.0 Å². The predicted octanol–water partition coefficient (Wildman–Crippen LogP) is 1.90. The van der Waals surface area contributed by atoms with E-state index < -0.39 is 0 Å². The zero-order valence-corrected chi connectivity index (χ0v) is 14.9. The van der Waals surface area contributed by atoms with Crippen molar-refractivity contribution < 1.29 is 4.79 Å². The van der Waals surface area contributed by atoms with Crippen LogP contribution in [-0.4, -0.2) is 50.4 Å². The molecule has 1 atom stereocenters. The van der Waals surface area contributed by atoms with Crippen molar-refractivity contribution in [2.45, 2.75) is 39.3 Å². The summed E-state index contributed by atoms with van der Waals surface area (Å²) in [6.45, 7) is 7.65. The number of piperidine rings is 1. The molecule has 7 nitrogen and oxygen atoms in total. The lowest BCUT2D eigenvalue weighted by atomic mass is 10.1. The number of hydrogen-bond acceptors (Lipinski definition) is 5. The van der Waals surface area contributed by atoms with Crippen LogP contribution < -0.4 is 5.32 Å². The molecule has 0 unspecified atom stereocenters. The number of carbonyl (C=O) groups excluding carboxylic acids is 1. The van der Waals surface area contributed by atoms with Gasteiger partial charge in [0.15, 0.2) is 5.69 Å². The van der Waals surface area contributed by atoms with Crippen LogP contribution >= 0.6 is 0 Å². The first-order chi connectivity index (χ1) is 12.1. The van der Waals surface area contributed by atoms with Crippen LogP contribution in [0.2, 0.25) is 0 Å². The minimum atomic E-state index is -0.150. The molecular formula is C18H26N6O. The van der Waals surface area contributed by atoms with Crippen molar-refractivity contribution in [2.75, 3.05) is 19.6 Å². The summed E-state index contributed by atoms with van der Waals surface area (Å²) in [7, 11) is 0. The third-order valence-electron chi connectivity index (χ3n) is 4.40. The van der Waals surface area contributed by atoms with Crippen LogP contribution in [-0.2, 0) is 6.54 Å². The maximum Gasteiger partial charge on any atom is 0.273 e. The number of nitrogens with zero attached hydrogens (tertiary/aromatic N) is 5. The number of aromatic nitrogens is 4. The van der Waals surface area contributed by atoms with Gasteiger partial charge in [-0.3, -0.25) is 14.7 Å². The van der Waals surface area contributed by atoms with E-state index in [0.717, 1.165) is 32.5 Å². The van der Waals surface area contributed by atoms with Gasteiger partial charge in [-0.15, -0.1) is 5.10 Å². The molecule has 3 heterocycles. The van der Waals surface area contributed by atoms with E-state index in [4.69, 9.17) is 0 Å². The third kappa shape index (κ3) is 4.85. The third-order valence-corrected chi connectivity index (χ3v) is 4.40. The van der Waals surface area contributed by atoms with Gasteiger partial charge in [0.1, 0.15) is 0 Å². The summed E-state index contributed by atoms with van der Waals surface area (Å²) in [6, 6.07) is 4.32. The molecule has 0 spiro atoms. The van der Waals surface area contributed by atoms with E-state index in [0.29, 0.717) is 18.2 Å². The Bertz CT molecular complexity index is 684. The molecule has 1 aliphatic rings. The first-order valence-corrected chi connectivity index (χ1v) is 8.93. The number of hydrogen-bond donors (Lipinski definition) is 1. The summed E-state index contributed by atoms with van der Waals surface area (Å²) in [4.78, 5) is 18.7. The van der Waals surface area contributed by atoms with Crippen molar-refractivity contribution in [3.63, 3.8) is 0 Å². The Morgan fingerprint density at radius 1 is 1.44 bits per heavy atom. The van der Waals surface area contributed by atoms with Crippen LogP contribution in [0.25, 0.3) is 0 Å². The summed E-state index contributed by atoms with van der Waals surface area (Å²) in [6.07, 6.45) is 7.65. The molecule has 0 radical (unpaired) electrons. The Hall–Kier alpha value is -2.28. The van der Waals surface area contributed by atoms with Gasteiger partial charge in [-0.25, -0.2) is 4.68 Å². The molecule has 3 rings (SSSR count). The Morgan fingerprint density at radius 3 is 3.08 bits per heavy atom. The molecule has 25 heavy (non-hydrogen) atoms.